The molecule has 3 atom stereocenters. The Bertz CT molecular complexity index is 691. The number of rotatable bonds is 4. The monoisotopic (exact) mass is 393 g/mol. The molecule has 2 amide bonds. The van der Waals surface area contributed by atoms with Crippen molar-refractivity contribution in [2.45, 2.75) is 43.9 Å². The molecule has 2 aliphatic rings. The van der Waals surface area contributed by atoms with Crippen molar-refractivity contribution in [1.82, 2.24) is 15.1 Å². The molecule has 1 aromatic carbocycles. The Labute approximate surface area is 165 Å². The number of hydrogen-bond acceptors (Lipinski definition) is 4. The van der Waals surface area contributed by atoms with Crippen LogP contribution in [0.2, 0.25) is 5.02 Å². The number of aliphatic hydroxyl groups is 1. The van der Waals surface area contributed by atoms with Crippen molar-refractivity contribution in [3.63, 3.8) is 0 Å². The zero-order valence-electron chi connectivity index (χ0n) is 15.9. The lowest BCUT2D eigenvalue weighted by molar-refractivity contribution is -0.137. The van der Waals surface area contributed by atoms with Crippen LogP contribution in [0.1, 0.15) is 36.0 Å². The first kappa shape index (κ1) is 20.1. The maximum absolute atomic E-state index is 12.9. The van der Waals surface area contributed by atoms with E-state index in [-0.39, 0.29) is 23.8 Å². The van der Waals surface area contributed by atoms with E-state index in [2.05, 4.69) is 17.3 Å². The number of halogens is 1. The van der Waals surface area contributed by atoms with Gasteiger partial charge in [-0.15, -0.1) is 0 Å². The average molecular weight is 394 g/mol. The van der Waals surface area contributed by atoms with Crippen LogP contribution in [0.3, 0.4) is 0 Å². The number of likely N-dealkylation sites (tertiary alicyclic amines) is 1. The topological polar surface area (TPSA) is 72.9 Å². The summed E-state index contributed by atoms with van der Waals surface area (Å²) in [5.41, 5.74) is 0.379. The minimum atomic E-state index is -0.726. The van der Waals surface area contributed by atoms with Crippen LogP contribution < -0.4 is 5.32 Å². The van der Waals surface area contributed by atoms with E-state index in [4.69, 9.17) is 11.6 Å². The minimum absolute atomic E-state index is 0.0677. The van der Waals surface area contributed by atoms with E-state index in [9.17, 15) is 14.7 Å². The van der Waals surface area contributed by atoms with E-state index in [0.717, 1.165) is 25.9 Å². The van der Waals surface area contributed by atoms with Gasteiger partial charge in [-0.25, -0.2) is 0 Å². The SMILES string of the molecule is CN1CCC(N(C)C(=O)[C@H]2C[C@H](NC(=O)c3ccccc3Cl)[C@@H](O)C2)CC1. The number of piperidine rings is 1. The third-order valence-corrected chi connectivity index (χ3v) is 6.23. The van der Waals surface area contributed by atoms with E-state index in [1.165, 1.54) is 0 Å². The summed E-state index contributed by atoms with van der Waals surface area (Å²) >= 11 is 6.07. The highest BCUT2D eigenvalue weighted by Gasteiger charge is 2.40. The first-order valence-corrected chi connectivity index (χ1v) is 9.93. The molecule has 1 saturated carbocycles. The molecule has 2 fully saturated rings. The van der Waals surface area contributed by atoms with Crippen molar-refractivity contribution in [2.75, 3.05) is 27.2 Å². The van der Waals surface area contributed by atoms with Crippen LogP contribution in [0.5, 0.6) is 0 Å². The maximum Gasteiger partial charge on any atom is 0.253 e. The molecular formula is C20H28ClN3O3. The molecular weight excluding hydrogens is 366 g/mol. The standard InChI is InChI=1S/C20H28ClN3O3/c1-23-9-7-14(8-10-23)24(2)20(27)13-11-17(18(25)12-13)22-19(26)15-5-3-4-6-16(15)21/h3-6,13-14,17-18,25H,7-12H2,1-2H3,(H,22,26)/t13-,17-,18-/m0/s1. The van der Waals surface area contributed by atoms with Crippen LogP contribution in [-0.2, 0) is 4.79 Å². The second kappa shape index (κ2) is 8.59. The molecule has 148 valence electrons. The quantitative estimate of drug-likeness (QED) is 0.817. The van der Waals surface area contributed by atoms with Crippen molar-refractivity contribution in [3.8, 4) is 0 Å². The van der Waals surface area contributed by atoms with Crippen LogP contribution in [0.25, 0.3) is 0 Å². The Hall–Kier alpha value is -1.63. The lowest BCUT2D eigenvalue weighted by Gasteiger charge is -2.36. The molecule has 1 saturated heterocycles. The molecule has 2 N–H and O–H groups in total. The van der Waals surface area contributed by atoms with Crippen molar-refractivity contribution in [2.24, 2.45) is 5.92 Å². The number of aliphatic hydroxyl groups excluding tert-OH is 1. The van der Waals surface area contributed by atoms with E-state index < -0.39 is 12.1 Å². The van der Waals surface area contributed by atoms with Crippen LogP contribution in [0, 0.1) is 5.92 Å². The van der Waals surface area contributed by atoms with Gasteiger partial charge in [0.25, 0.3) is 5.91 Å². The largest absolute Gasteiger partial charge is 0.391 e. The number of amides is 2. The Morgan fingerprint density at radius 2 is 1.89 bits per heavy atom. The van der Waals surface area contributed by atoms with E-state index in [0.29, 0.717) is 23.4 Å². The maximum atomic E-state index is 12.9. The predicted octanol–water partition coefficient (Wildman–Crippen LogP) is 1.76. The Kier molecular flexibility index (Phi) is 6.40. The zero-order chi connectivity index (χ0) is 19.6. The first-order chi connectivity index (χ1) is 12.9. The van der Waals surface area contributed by atoms with Gasteiger partial charge in [0.1, 0.15) is 0 Å². The molecule has 0 spiro atoms. The van der Waals surface area contributed by atoms with Crippen LogP contribution in [-0.4, -0.2) is 72.1 Å². The number of carbonyl (C=O) groups excluding carboxylic acids is 2. The smallest absolute Gasteiger partial charge is 0.253 e. The molecule has 1 aliphatic carbocycles. The fraction of sp³-hybridized carbons (Fsp3) is 0.600. The van der Waals surface area contributed by atoms with Gasteiger partial charge in [0.2, 0.25) is 5.91 Å². The highest BCUT2D eigenvalue weighted by Crippen LogP contribution is 2.30. The molecule has 1 aromatic rings. The van der Waals surface area contributed by atoms with Gasteiger partial charge in [0, 0.05) is 19.0 Å². The Morgan fingerprint density at radius 1 is 1.22 bits per heavy atom. The lowest BCUT2D eigenvalue weighted by Crippen LogP contribution is -2.46. The van der Waals surface area contributed by atoms with Gasteiger partial charge in [-0.1, -0.05) is 23.7 Å². The summed E-state index contributed by atoms with van der Waals surface area (Å²) in [6, 6.07) is 6.63. The molecule has 1 heterocycles. The summed E-state index contributed by atoms with van der Waals surface area (Å²) in [4.78, 5) is 29.5. The van der Waals surface area contributed by atoms with Gasteiger partial charge >= 0.3 is 0 Å². The number of nitrogens with one attached hydrogen (secondary N) is 1. The fourth-order valence-corrected chi connectivity index (χ4v) is 4.34. The molecule has 3 rings (SSSR count). The van der Waals surface area contributed by atoms with E-state index in [1.54, 1.807) is 24.3 Å². The molecule has 1 aliphatic heterocycles. The Balaban J connectivity index is 1.58. The summed E-state index contributed by atoms with van der Waals surface area (Å²) in [6.45, 7) is 1.98. The van der Waals surface area contributed by atoms with E-state index >= 15 is 0 Å². The Morgan fingerprint density at radius 3 is 2.56 bits per heavy atom. The number of carbonyl (C=O) groups is 2. The van der Waals surface area contributed by atoms with Crippen molar-refractivity contribution < 1.29 is 14.7 Å². The van der Waals surface area contributed by atoms with E-state index in [1.807, 2.05) is 11.9 Å². The molecule has 7 heteroatoms. The highest BCUT2D eigenvalue weighted by molar-refractivity contribution is 6.33. The van der Waals surface area contributed by atoms with Crippen molar-refractivity contribution >= 4 is 23.4 Å². The molecule has 0 unspecified atom stereocenters. The van der Waals surface area contributed by atoms with Gasteiger partial charge in [-0.3, -0.25) is 9.59 Å². The van der Waals surface area contributed by atoms with Crippen molar-refractivity contribution in [1.29, 1.82) is 0 Å². The zero-order valence-corrected chi connectivity index (χ0v) is 16.7. The third-order valence-electron chi connectivity index (χ3n) is 5.90. The highest BCUT2D eigenvalue weighted by atomic mass is 35.5. The average Bonchev–Trinajstić information content (AvgIpc) is 3.02. The number of hydrogen-bond donors (Lipinski definition) is 2. The second-order valence-corrected chi connectivity index (χ2v) is 8.19. The van der Waals surface area contributed by atoms with Gasteiger partial charge in [-0.05, 0) is 58.0 Å². The molecule has 0 bridgehead atoms. The molecule has 27 heavy (non-hydrogen) atoms. The second-order valence-electron chi connectivity index (χ2n) is 7.78. The van der Waals surface area contributed by atoms with Gasteiger partial charge in [0.15, 0.2) is 0 Å². The predicted molar refractivity (Wildman–Crippen MR) is 105 cm³/mol. The molecule has 6 nitrogen and oxygen atoms in total. The van der Waals surface area contributed by atoms with Crippen LogP contribution in [0.4, 0.5) is 0 Å². The summed E-state index contributed by atoms with van der Waals surface area (Å²) in [5.74, 6) is -0.513. The number of nitrogens with zero attached hydrogens (tertiary/aromatic N) is 2. The lowest BCUT2D eigenvalue weighted by atomic mass is 10.0. The normalized spacial score (nSPS) is 26.7. The summed E-state index contributed by atoms with van der Waals surface area (Å²) in [5, 5.41) is 13.6. The van der Waals surface area contributed by atoms with Gasteiger partial charge < -0.3 is 20.2 Å². The molecule has 0 aromatic heterocycles. The summed E-state index contributed by atoms with van der Waals surface area (Å²) in [7, 11) is 3.96. The third kappa shape index (κ3) is 4.62. The van der Waals surface area contributed by atoms with Crippen LogP contribution >= 0.6 is 11.6 Å². The fourth-order valence-electron chi connectivity index (χ4n) is 4.11. The summed E-state index contributed by atoms with van der Waals surface area (Å²) in [6.07, 6.45) is 2.05. The molecule has 0 radical (unpaired) electrons. The first-order valence-electron chi connectivity index (χ1n) is 9.55. The minimum Gasteiger partial charge on any atom is -0.391 e. The van der Waals surface area contributed by atoms with Crippen molar-refractivity contribution in [3.05, 3.63) is 34.9 Å². The number of benzene rings is 1. The van der Waals surface area contributed by atoms with Gasteiger partial charge in [-0.2, -0.15) is 0 Å². The van der Waals surface area contributed by atoms with Crippen LogP contribution in [0.15, 0.2) is 24.3 Å². The van der Waals surface area contributed by atoms with Gasteiger partial charge in [0.05, 0.1) is 22.7 Å². The summed E-state index contributed by atoms with van der Waals surface area (Å²) < 4.78 is 0.